The second kappa shape index (κ2) is 4.50. The summed E-state index contributed by atoms with van der Waals surface area (Å²) in [5.74, 6) is 0. The minimum absolute atomic E-state index is 0.403. The molecule has 2 nitrogen and oxygen atoms in total. The number of aromatic amines is 1. The summed E-state index contributed by atoms with van der Waals surface area (Å²) in [5.41, 5.74) is 0.957. The zero-order valence-corrected chi connectivity index (χ0v) is 7.93. The first-order valence-electron chi connectivity index (χ1n) is 4.35. The lowest BCUT2D eigenvalue weighted by Gasteiger charge is -2.17. The molecule has 0 fully saturated rings. The van der Waals surface area contributed by atoms with Crippen molar-refractivity contribution in [2.45, 2.75) is 12.6 Å². The molecule has 0 amide bonds. The molecule has 80 valence electrons. The molecular weight excluding hydrogens is 193 g/mol. The van der Waals surface area contributed by atoms with Crippen LogP contribution in [0.3, 0.4) is 0 Å². The van der Waals surface area contributed by atoms with Crippen LogP contribution in [0.15, 0.2) is 18.3 Å². The van der Waals surface area contributed by atoms with Crippen molar-refractivity contribution in [1.82, 2.24) is 9.88 Å². The van der Waals surface area contributed by atoms with Crippen LogP contribution in [0, 0.1) is 0 Å². The van der Waals surface area contributed by atoms with Gasteiger partial charge in [0.15, 0.2) is 0 Å². The molecule has 0 aliphatic heterocycles. The first-order chi connectivity index (χ1) is 6.47. The van der Waals surface area contributed by atoms with Gasteiger partial charge in [-0.3, -0.25) is 4.90 Å². The summed E-state index contributed by atoms with van der Waals surface area (Å²) in [6, 6.07) is 3.69. The first-order valence-corrected chi connectivity index (χ1v) is 4.35. The summed E-state index contributed by atoms with van der Waals surface area (Å²) in [4.78, 5) is 4.21. The Balaban J connectivity index is 2.25. The molecule has 0 atom stereocenters. The van der Waals surface area contributed by atoms with Crippen LogP contribution < -0.4 is 0 Å². The Morgan fingerprint density at radius 2 is 2.14 bits per heavy atom. The van der Waals surface area contributed by atoms with E-state index in [2.05, 4.69) is 4.98 Å². The standard InChI is InChI=1S/C9H13F3N2/c1-14(7-9(10,11)12)6-4-8-3-2-5-13-8/h2-3,5,13H,4,6-7H2,1H3. The molecule has 1 aromatic rings. The van der Waals surface area contributed by atoms with Gasteiger partial charge in [0.2, 0.25) is 0 Å². The minimum atomic E-state index is -4.11. The Morgan fingerprint density at radius 1 is 1.43 bits per heavy atom. The molecule has 0 radical (unpaired) electrons. The Labute approximate surface area is 80.7 Å². The van der Waals surface area contributed by atoms with Gasteiger partial charge in [0.25, 0.3) is 0 Å². The molecule has 0 aliphatic rings. The van der Waals surface area contributed by atoms with Crippen LogP contribution >= 0.6 is 0 Å². The van der Waals surface area contributed by atoms with Crippen molar-refractivity contribution in [2.24, 2.45) is 0 Å². The summed E-state index contributed by atoms with van der Waals surface area (Å²) in [5, 5.41) is 0. The van der Waals surface area contributed by atoms with Crippen molar-refractivity contribution in [1.29, 1.82) is 0 Å². The first kappa shape index (κ1) is 11.1. The predicted molar refractivity (Wildman–Crippen MR) is 48.0 cm³/mol. The number of hydrogen-bond acceptors (Lipinski definition) is 1. The van der Waals surface area contributed by atoms with E-state index in [9.17, 15) is 13.2 Å². The van der Waals surface area contributed by atoms with Crippen molar-refractivity contribution in [2.75, 3.05) is 20.1 Å². The lowest BCUT2D eigenvalue weighted by molar-refractivity contribution is -0.142. The van der Waals surface area contributed by atoms with Gasteiger partial charge in [-0.2, -0.15) is 13.2 Å². The molecule has 0 spiro atoms. The number of alkyl halides is 3. The summed E-state index contributed by atoms with van der Waals surface area (Å²) in [7, 11) is 1.47. The van der Waals surface area contributed by atoms with Crippen molar-refractivity contribution in [3.05, 3.63) is 24.0 Å². The maximum Gasteiger partial charge on any atom is 0.401 e. The minimum Gasteiger partial charge on any atom is -0.365 e. The Morgan fingerprint density at radius 3 is 2.64 bits per heavy atom. The van der Waals surface area contributed by atoms with E-state index in [0.29, 0.717) is 13.0 Å². The van der Waals surface area contributed by atoms with Gasteiger partial charge in [-0.25, -0.2) is 0 Å². The summed E-state index contributed by atoms with van der Waals surface area (Å²) in [6.07, 6.45) is -1.73. The predicted octanol–water partition coefficient (Wildman–Crippen LogP) is 2.05. The normalized spacial score (nSPS) is 12.4. The molecular formula is C9H13F3N2. The number of rotatable bonds is 4. The fraction of sp³-hybridized carbons (Fsp3) is 0.556. The fourth-order valence-electron chi connectivity index (χ4n) is 1.22. The van der Waals surface area contributed by atoms with Crippen LogP contribution in [0.5, 0.6) is 0 Å². The lowest BCUT2D eigenvalue weighted by Crippen LogP contribution is -2.32. The van der Waals surface area contributed by atoms with Gasteiger partial charge in [0, 0.05) is 24.9 Å². The van der Waals surface area contributed by atoms with Crippen molar-refractivity contribution in [3.8, 4) is 0 Å². The Hall–Kier alpha value is -0.970. The molecule has 0 saturated carbocycles. The van der Waals surface area contributed by atoms with Crippen molar-refractivity contribution >= 4 is 0 Å². The molecule has 14 heavy (non-hydrogen) atoms. The molecule has 0 saturated heterocycles. The van der Waals surface area contributed by atoms with Crippen molar-refractivity contribution in [3.63, 3.8) is 0 Å². The molecule has 0 bridgehead atoms. The molecule has 1 heterocycles. The van der Waals surface area contributed by atoms with Gasteiger partial charge >= 0.3 is 6.18 Å². The molecule has 1 rings (SSSR count). The molecule has 5 heteroatoms. The number of nitrogens with zero attached hydrogens (tertiary/aromatic N) is 1. The lowest BCUT2D eigenvalue weighted by atomic mass is 10.3. The van der Waals surface area contributed by atoms with E-state index in [-0.39, 0.29) is 0 Å². The largest absolute Gasteiger partial charge is 0.401 e. The highest BCUT2D eigenvalue weighted by Crippen LogP contribution is 2.15. The third-order valence-corrected chi connectivity index (χ3v) is 1.87. The number of aromatic nitrogens is 1. The van der Waals surface area contributed by atoms with Crippen LogP contribution in [0.1, 0.15) is 5.69 Å². The van der Waals surface area contributed by atoms with E-state index in [1.54, 1.807) is 6.20 Å². The van der Waals surface area contributed by atoms with E-state index < -0.39 is 12.7 Å². The van der Waals surface area contributed by atoms with E-state index >= 15 is 0 Å². The second-order valence-corrected chi connectivity index (χ2v) is 3.30. The second-order valence-electron chi connectivity index (χ2n) is 3.30. The zero-order chi connectivity index (χ0) is 10.6. The number of hydrogen-bond donors (Lipinski definition) is 1. The smallest absolute Gasteiger partial charge is 0.365 e. The maximum absolute atomic E-state index is 11.9. The van der Waals surface area contributed by atoms with E-state index in [0.717, 1.165) is 5.69 Å². The maximum atomic E-state index is 11.9. The highest BCUT2D eigenvalue weighted by atomic mass is 19.4. The van der Waals surface area contributed by atoms with E-state index in [1.165, 1.54) is 11.9 Å². The fourth-order valence-corrected chi connectivity index (χ4v) is 1.22. The zero-order valence-electron chi connectivity index (χ0n) is 7.93. The number of likely N-dealkylation sites (N-methyl/N-ethyl adjacent to an activating group) is 1. The summed E-state index contributed by atoms with van der Waals surface area (Å²) >= 11 is 0. The molecule has 0 aliphatic carbocycles. The van der Waals surface area contributed by atoms with Crippen LogP contribution in [-0.4, -0.2) is 36.2 Å². The van der Waals surface area contributed by atoms with Gasteiger partial charge in [-0.1, -0.05) is 0 Å². The Kier molecular flexibility index (Phi) is 3.57. The Bertz CT molecular complexity index is 254. The van der Waals surface area contributed by atoms with Crippen LogP contribution in [-0.2, 0) is 6.42 Å². The monoisotopic (exact) mass is 206 g/mol. The topological polar surface area (TPSA) is 19.0 Å². The number of nitrogens with one attached hydrogen (secondary N) is 1. The summed E-state index contributed by atoms with van der Waals surface area (Å²) in [6.45, 7) is -0.451. The van der Waals surface area contributed by atoms with Gasteiger partial charge < -0.3 is 4.98 Å². The van der Waals surface area contributed by atoms with Crippen LogP contribution in [0.4, 0.5) is 13.2 Å². The summed E-state index contributed by atoms with van der Waals surface area (Å²) < 4.78 is 35.8. The highest BCUT2D eigenvalue weighted by Gasteiger charge is 2.28. The van der Waals surface area contributed by atoms with Gasteiger partial charge in [-0.15, -0.1) is 0 Å². The molecule has 1 aromatic heterocycles. The average Bonchev–Trinajstić information content (AvgIpc) is 2.49. The highest BCUT2D eigenvalue weighted by molar-refractivity contribution is 5.03. The van der Waals surface area contributed by atoms with Gasteiger partial charge in [0.1, 0.15) is 0 Å². The van der Waals surface area contributed by atoms with Gasteiger partial charge in [0.05, 0.1) is 6.54 Å². The number of halogens is 3. The van der Waals surface area contributed by atoms with E-state index in [1.807, 2.05) is 12.1 Å². The molecule has 0 unspecified atom stereocenters. The molecule has 1 N–H and O–H groups in total. The SMILES string of the molecule is CN(CCc1ccc[nH]1)CC(F)(F)F. The van der Waals surface area contributed by atoms with Crippen LogP contribution in [0.25, 0.3) is 0 Å². The third-order valence-electron chi connectivity index (χ3n) is 1.87. The quantitative estimate of drug-likeness (QED) is 0.798. The van der Waals surface area contributed by atoms with E-state index in [4.69, 9.17) is 0 Å². The van der Waals surface area contributed by atoms with Gasteiger partial charge in [-0.05, 0) is 19.2 Å². The molecule has 0 aromatic carbocycles. The van der Waals surface area contributed by atoms with Crippen LogP contribution in [0.2, 0.25) is 0 Å². The van der Waals surface area contributed by atoms with Crippen molar-refractivity contribution < 1.29 is 13.2 Å². The number of H-pyrrole nitrogens is 1. The third kappa shape index (κ3) is 4.32. The average molecular weight is 206 g/mol.